The fourth-order valence-electron chi connectivity index (χ4n) is 1.84. The number of hydrogen-bond donors (Lipinski definition) is 1. The molecule has 0 radical (unpaired) electrons. The van der Waals surface area contributed by atoms with Gasteiger partial charge in [-0.3, -0.25) is 0 Å². The molecule has 0 aliphatic carbocycles. The molecule has 1 N–H and O–H groups in total. The molecule has 1 aromatic rings. The second-order valence-electron chi connectivity index (χ2n) is 5.32. The first-order valence-corrected chi connectivity index (χ1v) is 5.79. The van der Waals surface area contributed by atoms with E-state index in [1.807, 2.05) is 0 Å². The van der Waals surface area contributed by atoms with Crippen LogP contribution in [0.25, 0.3) is 0 Å². The van der Waals surface area contributed by atoms with Crippen molar-refractivity contribution in [2.24, 2.45) is 0 Å². The lowest BCUT2D eigenvalue weighted by Gasteiger charge is -2.26. The average molecular weight is 205 g/mol. The van der Waals surface area contributed by atoms with Gasteiger partial charge in [0.1, 0.15) is 0 Å². The molecule has 84 valence electrons. The maximum absolute atomic E-state index is 3.59. The van der Waals surface area contributed by atoms with E-state index in [-0.39, 0.29) is 5.54 Å². The van der Waals surface area contributed by atoms with Crippen LogP contribution in [0.5, 0.6) is 0 Å². The molecule has 1 rings (SSSR count). The van der Waals surface area contributed by atoms with Crippen molar-refractivity contribution >= 4 is 0 Å². The lowest BCUT2D eigenvalue weighted by atomic mass is 10.0. The van der Waals surface area contributed by atoms with E-state index in [0.717, 1.165) is 6.42 Å². The SMILES string of the molecule is CC(CCc1ccccc1)NC(C)(C)C. The van der Waals surface area contributed by atoms with E-state index in [9.17, 15) is 0 Å². The molecule has 1 nitrogen and oxygen atoms in total. The maximum Gasteiger partial charge on any atom is 0.00989 e. The Kier molecular flexibility index (Phi) is 4.34. The smallest absolute Gasteiger partial charge is 0.00989 e. The molecular formula is C14H23N. The zero-order chi connectivity index (χ0) is 11.3. The monoisotopic (exact) mass is 205 g/mol. The fraction of sp³-hybridized carbons (Fsp3) is 0.571. The molecule has 0 aliphatic rings. The van der Waals surface area contributed by atoms with Gasteiger partial charge in [0.25, 0.3) is 0 Å². The van der Waals surface area contributed by atoms with Crippen molar-refractivity contribution in [1.82, 2.24) is 5.32 Å². The first kappa shape index (κ1) is 12.3. The highest BCUT2D eigenvalue weighted by atomic mass is 15.0. The van der Waals surface area contributed by atoms with Crippen LogP contribution in [0, 0.1) is 0 Å². The molecule has 0 fully saturated rings. The molecular weight excluding hydrogens is 182 g/mol. The van der Waals surface area contributed by atoms with Crippen LogP contribution < -0.4 is 5.32 Å². The Morgan fingerprint density at radius 3 is 2.27 bits per heavy atom. The van der Waals surface area contributed by atoms with Crippen molar-refractivity contribution in [2.45, 2.75) is 52.1 Å². The predicted octanol–water partition coefficient (Wildman–Crippen LogP) is 3.40. The predicted molar refractivity (Wildman–Crippen MR) is 67.1 cm³/mol. The topological polar surface area (TPSA) is 12.0 Å². The summed E-state index contributed by atoms with van der Waals surface area (Å²) in [7, 11) is 0. The molecule has 15 heavy (non-hydrogen) atoms. The third-order valence-corrected chi connectivity index (χ3v) is 2.39. The highest BCUT2D eigenvalue weighted by molar-refractivity contribution is 5.14. The van der Waals surface area contributed by atoms with Crippen LogP contribution in [0.3, 0.4) is 0 Å². The molecule has 0 aromatic heterocycles. The van der Waals surface area contributed by atoms with Gasteiger partial charge >= 0.3 is 0 Å². The summed E-state index contributed by atoms with van der Waals surface area (Å²) in [5.74, 6) is 0. The van der Waals surface area contributed by atoms with Crippen LogP contribution in [-0.2, 0) is 6.42 Å². The number of hydrogen-bond acceptors (Lipinski definition) is 1. The first-order valence-electron chi connectivity index (χ1n) is 5.79. The van der Waals surface area contributed by atoms with Crippen LogP contribution in [-0.4, -0.2) is 11.6 Å². The quantitative estimate of drug-likeness (QED) is 0.794. The molecule has 0 spiro atoms. The Labute approximate surface area is 93.9 Å². The zero-order valence-corrected chi connectivity index (χ0v) is 10.4. The van der Waals surface area contributed by atoms with Crippen molar-refractivity contribution in [3.05, 3.63) is 35.9 Å². The number of nitrogens with one attached hydrogen (secondary N) is 1. The van der Waals surface area contributed by atoms with Gasteiger partial charge in [-0.2, -0.15) is 0 Å². The van der Waals surface area contributed by atoms with Crippen molar-refractivity contribution in [3.63, 3.8) is 0 Å². The van der Waals surface area contributed by atoms with E-state index >= 15 is 0 Å². The highest BCUT2D eigenvalue weighted by Gasteiger charge is 2.12. The summed E-state index contributed by atoms with van der Waals surface area (Å²) >= 11 is 0. The molecule has 0 bridgehead atoms. The van der Waals surface area contributed by atoms with Crippen LogP contribution >= 0.6 is 0 Å². The molecule has 0 saturated heterocycles. The van der Waals surface area contributed by atoms with Crippen LogP contribution in [0.2, 0.25) is 0 Å². The average Bonchev–Trinajstić information content (AvgIpc) is 2.14. The fourth-order valence-corrected chi connectivity index (χ4v) is 1.84. The van der Waals surface area contributed by atoms with Gasteiger partial charge in [-0.05, 0) is 46.1 Å². The molecule has 0 heterocycles. The van der Waals surface area contributed by atoms with Crippen molar-refractivity contribution in [3.8, 4) is 0 Å². The molecule has 1 unspecified atom stereocenters. The lowest BCUT2D eigenvalue weighted by Crippen LogP contribution is -2.42. The summed E-state index contributed by atoms with van der Waals surface area (Å²) in [4.78, 5) is 0. The summed E-state index contributed by atoms with van der Waals surface area (Å²) in [6.07, 6.45) is 2.35. The van der Waals surface area contributed by atoms with Crippen LogP contribution in [0.15, 0.2) is 30.3 Å². The maximum atomic E-state index is 3.59. The van der Waals surface area contributed by atoms with Crippen LogP contribution in [0.1, 0.15) is 39.7 Å². The molecule has 1 aromatic carbocycles. The van der Waals surface area contributed by atoms with Crippen LogP contribution in [0.4, 0.5) is 0 Å². The summed E-state index contributed by atoms with van der Waals surface area (Å²) in [6, 6.07) is 11.3. The van der Waals surface area contributed by atoms with Gasteiger partial charge in [-0.25, -0.2) is 0 Å². The summed E-state index contributed by atoms with van der Waals surface area (Å²) < 4.78 is 0. The van der Waals surface area contributed by atoms with E-state index in [1.165, 1.54) is 12.0 Å². The minimum Gasteiger partial charge on any atom is -0.310 e. The highest BCUT2D eigenvalue weighted by Crippen LogP contribution is 2.08. The largest absolute Gasteiger partial charge is 0.310 e. The molecule has 1 atom stereocenters. The molecule has 0 amide bonds. The van der Waals surface area contributed by atoms with Crippen molar-refractivity contribution in [1.29, 1.82) is 0 Å². The van der Waals surface area contributed by atoms with E-state index in [0.29, 0.717) is 6.04 Å². The summed E-state index contributed by atoms with van der Waals surface area (Å²) in [5, 5.41) is 3.59. The zero-order valence-electron chi connectivity index (χ0n) is 10.4. The normalized spacial score (nSPS) is 13.9. The standard InChI is InChI=1S/C14H23N/c1-12(15-14(2,3)4)10-11-13-8-6-5-7-9-13/h5-9,12,15H,10-11H2,1-4H3. The van der Waals surface area contributed by atoms with E-state index < -0.39 is 0 Å². The Hall–Kier alpha value is -0.820. The van der Waals surface area contributed by atoms with Gasteiger partial charge in [0.05, 0.1) is 0 Å². The van der Waals surface area contributed by atoms with Gasteiger partial charge in [0.15, 0.2) is 0 Å². The van der Waals surface area contributed by atoms with Gasteiger partial charge in [0, 0.05) is 11.6 Å². The Bertz CT molecular complexity index is 271. The van der Waals surface area contributed by atoms with Gasteiger partial charge < -0.3 is 5.32 Å². The Morgan fingerprint density at radius 1 is 1.13 bits per heavy atom. The lowest BCUT2D eigenvalue weighted by molar-refractivity contribution is 0.360. The molecule has 1 heteroatoms. The third kappa shape index (κ3) is 5.58. The number of benzene rings is 1. The Balaban J connectivity index is 2.32. The summed E-state index contributed by atoms with van der Waals surface area (Å²) in [6.45, 7) is 8.90. The second kappa shape index (κ2) is 5.32. The number of aryl methyl sites for hydroxylation is 1. The molecule has 0 saturated carbocycles. The van der Waals surface area contributed by atoms with Gasteiger partial charge in [-0.15, -0.1) is 0 Å². The number of rotatable bonds is 4. The Morgan fingerprint density at radius 2 is 1.73 bits per heavy atom. The van der Waals surface area contributed by atoms with Gasteiger partial charge in [-0.1, -0.05) is 30.3 Å². The second-order valence-corrected chi connectivity index (χ2v) is 5.32. The third-order valence-electron chi connectivity index (χ3n) is 2.39. The van der Waals surface area contributed by atoms with E-state index in [4.69, 9.17) is 0 Å². The van der Waals surface area contributed by atoms with Crippen molar-refractivity contribution < 1.29 is 0 Å². The molecule has 0 aliphatic heterocycles. The van der Waals surface area contributed by atoms with E-state index in [2.05, 4.69) is 63.3 Å². The van der Waals surface area contributed by atoms with E-state index in [1.54, 1.807) is 0 Å². The first-order chi connectivity index (χ1) is 6.97. The van der Waals surface area contributed by atoms with Crippen molar-refractivity contribution in [2.75, 3.05) is 0 Å². The minimum atomic E-state index is 0.218. The minimum absolute atomic E-state index is 0.218. The van der Waals surface area contributed by atoms with Gasteiger partial charge in [0.2, 0.25) is 0 Å². The summed E-state index contributed by atoms with van der Waals surface area (Å²) in [5.41, 5.74) is 1.65.